The second kappa shape index (κ2) is 10.9. The van der Waals surface area contributed by atoms with Crippen LogP contribution in [0.4, 0.5) is 5.82 Å². The summed E-state index contributed by atoms with van der Waals surface area (Å²) in [7, 11) is 0. The number of carboxylic acid groups (broad SMARTS) is 2. The van der Waals surface area contributed by atoms with Gasteiger partial charge in [0.15, 0.2) is 11.5 Å². The van der Waals surface area contributed by atoms with Gasteiger partial charge in [0, 0.05) is 25.6 Å². The van der Waals surface area contributed by atoms with Crippen LogP contribution in [0.25, 0.3) is 11.2 Å². The number of hydrogen-bond acceptors (Lipinski definition) is 8. The van der Waals surface area contributed by atoms with Crippen molar-refractivity contribution in [3.63, 3.8) is 0 Å². The lowest BCUT2D eigenvalue weighted by molar-refractivity contribution is -0.139. The summed E-state index contributed by atoms with van der Waals surface area (Å²) in [5.41, 5.74) is 6.50. The second-order valence-corrected chi connectivity index (χ2v) is 6.67. The number of fused-ring (bicyclic) bond motifs is 1. The monoisotopic (exact) mass is 419 g/mol. The topological polar surface area (TPSA) is 187 Å². The van der Waals surface area contributed by atoms with Crippen LogP contribution in [0.5, 0.6) is 0 Å². The number of amides is 1. The highest BCUT2D eigenvalue weighted by Crippen LogP contribution is 2.23. The third-order valence-electron chi connectivity index (χ3n) is 4.44. The Balaban J connectivity index is 0.000000274. The first-order valence-electron chi connectivity index (χ1n) is 9.34. The minimum Gasteiger partial charge on any atom is -0.481 e. The Labute approximate surface area is 172 Å². The van der Waals surface area contributed by atoms with Gasteiger partial charge in [-0.05, 0) is 25.3 Å². The molecule has 1 aliphatic heterocycles. The first kappa shape index (κ1) is 22.7. The number of aromatic nitrogens is 4. The van der Waals surface area contributed by atoms with E-state index in [9.17, 15) is 14.4 Å². The Bertz CT molecular complexity index is 900. The number of carboxylic acids is 2. The summed E-state index contributed by atoms with van der Waals surface area (Å²) >= 11 is 0. The van der Waals surface area contributed by atoms with Crippen LogP contribution in [0.1, 0.15) is 25.7 Å². The van der Waals surface area contributed by atoms with E-state index in [1.807, 2.05) is 0 Å². The fourth-order valence-corrected chi connectivity index (χ4v) is 2.93. The van der Waals surface area contributed by atoms with Gasteiger partial charge in [-0.25, -0.2) is 15.0 Å². The van der Waals surface area contributed by atoms with Gasteiger partial charge >= 0.3 is 11.9 Å². The number of carbonyl (C=O) groups excluding carboxylic acids is 1. The lowest BCUT2D eigenvalue weighted by atomic mass is 10.1. The lowest BCUT2D eigenvalue weighted by Gasteiger charge is -2.33. The van der Waals surface area contributed by atoms with E-state index < -0.39 is 18.0 Å². The Kier molecular flexibility index (Phi) is 8.23. The molecule has 12 nitrogen and oxygen atoms in total. The van der Waals surface area contributed by atoms with Crippen molar-refractivity contribution in [3.05, 3.63) is 25.3 Å². The van der Waals surface area contributed by atoms with Crippen LogP contribution in [0.3, 0.4) is 0 Å². The Morgan fingerprint density at radius 2 is 2.13 bits per heavy atom. The molecule has 3 rings (SSSR count). The summed E-state index contributed by atoms with van der Waals surface area (Å²) in [5.74, 6) is -1.52. The minimum absolute atomic E-state index is 0.0231. The van der Waals surface area contributed by atoms with Gasteiger partial charge in [-0.15, -0.1) is 0 Å². The van der Waals surface area contributed by atoms with Crippen LogP contribution >= 0.6 is 0 Å². The quantitative estimate of drug-likeness (QED) is 0.379. The van der Waals surface area contributed by atoms with Crippen molar-refractivity contribution in [3.8, 4) is 0 Å². The van der Waals surface area contributed by atoms with Gasteiger partial charge in [0.2, 0.25) is 5.91 Å². The number of nitrogens with two attached hydrogens (primary N) is 1. The van der Waals surface area contributed by atoms with E-state index >= 15 is 0 Å². The molecule has 6 N–H and O–H groups in total. The molecule has 162 valence electrons. The number of nitrogens with zero attached hydrogens (tertiary/aromatic N) is 4. The molecule has 0 aliphatic carbocycles. The predicted molar refractivity (Wildman–Crippen MR) is 108 cm³/mol. The van der Waals surface area contributed by atoms with Gasteiger partial charge in [0.25, 0.3) is 0 Å². The fraction of sp³-hybridized carbons (Fsp3) is 0.444. The number of anilines is 1. The van der Waals surface area contributed by atoms with E-state index in [2.05, 4.69) is 36.7 Å². The van der Waals surface area contributed by atoms with Crippen molar-refractivity contribution in [2.75, 3.05) is 18.0 Å². The zero-order valence-electron chi connectivity index (χ0n) is 16.3. The van der Waals surface area contributed by atoms with Gasteiger partial charge in [-0.3, -0.25) is 14.4 Å². The third-order valence-corrected chi connectivity index (χ3v) is 4.44. The molecule has 0 radical (unpaired) electrons. The van der Waals surface area contributed by atoms with Crippen molar-refractivity contribution in [2.45, 2.75) is 37.8 Å². The highest BCUT2D eigenvalue weighted by molar-refractivity contribution is 5.87. The third kappa shape index (κ3) is 6.51. The molecule has 30 heavy (non-hydrogen) atoms. The molecule has 0 bridgehead atoms. The van der Waals surface area contributed by atoms with Gasteiger partial charge < -0.3 is 31.1 Å². The molecule has 1 fully saturated rings. The number of rotatable bonds is 7. The van der Waals surface area contributed by atoms with Crippen LogP contribution in [-0.2, 0) is 14.4 Å². The molecule has 1 aliphatic rings. The molecule has 2 aromatic rings. The number of H-pyrrole nitrogens is 1. The molecule has 0 saturated carbocycles. The maximum absolute atomic E-state index is 11.4. The van der Waals surface area contributed by atoms with Crippen molar-refractivity contribution >= 4 is 34.8 Å². The number of imidazole rings is 1. The van der Waals surface area contributed by atoms with E-state index in [1.165, 1.54) is 12.4 Å². The average Bonchev–Trinajstić information content (AvgIpc) is 3.21. The standard InChI is InChI=1S/C13H16N6O.C5H9NO4/c1-2-10(20)18-9-4-3-5-19(6-9)13-11-12(15-7-14-11)16-8-17-13;6-3(5(9)10)1-2-4(7)8/h2,7-9H,1,3-6H2,(H,18,20)(H,14,15,16,17);3H,1-2,6H2,(H,7,8)(H,9,10)/t9-;3-/m10/s1. The number of hydrogen-bond donors (Lipinski definition) is 5. The fourth-order valence-electron chi connectivity index (χ4n) is 2.93. The molecule has 1 amide bonds. The molecule has 0 aromatic carbocycles. The van der Waals surface area contributed by atoms with E-state index in [0.717, 1.165) is 42.9 Å². The first-order valence-corrected chi connectivity index (χ1v) is 9.34. The van der Waals surface area contributed by atoms with Crippen molar-refractivity contribution in [2.24, 2.45) is 5.73 Å². The van der Waals surface area contributed by atoms with E-state index in [-0.39, 0.29) is 24.8 Å². The van der Waals surface area contributed by atoms with Gasteiger partial charge in [0.05, 0.1) is 6.33 Å². The highest BCUT2D eigenvalue weighted by atomic mass is 16.4. The zero-order valence-corrected chi connectivity index (χ0v) is 16.3. The molecule has 2 atom stereocenters. The summed E-state index contributed by atoms with van der Waals surface area (Å²) in [6.45, 7) is 5.10. The molecule has 2 aromatic heterocycles. The highest BCUT2D eigenvalue weighted by Gasteiger charge is 2.23. The van der Waals surface area contributed by atoms with E-state index in [4.69, 9.17) is 15.9 Å². The number of aromatic amines is 1. The van der Waals surface area contributed by atoms with Crippen molar-refractivity contribution < 1.29 is 24.6 Å². The van der Waals surface area contributed by atoms with E-state index in [1.54, 1.807) is 6.33 Å². The molecule has 0 unspecified atom stereocenters. The minimum atomic E-state index is -1.17. The summed E-state index contributed by atoms with van der Waals surface area (Å²) in [6.07, 6.45) is 6.18. The Hall–Kier alpha value is -3.54. The molecule has 12 heteroatoms. The van der Waals surface area contributed by atoms with Crippen molar-refractivity contribution in [1.29, 1.82) is 0 Å². The first-order chi connectivity index (χ1) is 14.3. The molecule has 3 heterocycles. The van der Waals surface area contributed by atoms with Gasteiger partial charge in [0.1, 0.15) is 17.9 Å². The van der Waals surface area contributed by atoms with Crippen LogP contribution in [0.15, 0.2) is 25.3 Å². The van der Waals surface area contributed by atoms with Crippen LogP contribution < -0.4 is 16.0 Å². The van der Waals surface area contributed by atoms with Crippen LogP contribution in [-0.4, -0.2) is 73.2 Å². The van der Waals surface area contributed by atoms with Gasteiger partial charge in [-0.1, -0.05) is 6.58 Å². The van der Waals surface area contributed by atoms with Crippen molar-refractivity contribution in [1.82, 2.24) is 25.3 Å². The predicted octanol–water partition coefficient (Wildman–Crippen LogP) is -0.113. The molecular formula is C18H25N7O5. The summed E-state index contributed by atoms with van der Waals surface area (Å²) < 4.78 is 0. The van der Waals surface area contributed by atoms with Crippen LogP contribution in [0, 0.1) is 0 Å². The average molecular weight is 419 g/mol. The number of piperidine rings is 1. The summed E-state index contributed by atoms with van der Waals surface area (Å²) in [5, 5.41) is 19.2. The zero-order chi connectivity index (χ0) is 22.1. The maximum Gasteiger partial charge on any atom is 0.320 e. The molecular weight excluding hydrogens is 394 g/mol. The Morgan fingerprint density at radius 3 is 2.80 bits per heavy atom. The number of aliphatic carboxylic acids is 2. The second-order valence-electron chi connectivity index (χ2n) is 6.67. The van der Waals surface area contributed by atoms with Gasteiger partial charge in [-0.2, -0.15) is 0 Å². The largest absolute Gasteiger partial charge is 0.481 e. The molecule has 1 saturated heterocycles. The van der Waals surface area contributed by atoms with Crippen LogP contribution in [0.2, 0.25) is 0 Å². The summed E-state index contributed by atoms with van der Waals surface area (Å²) in [4.78, 5) is 49.1. The Morgan fingerprint density at radius 1 is 1.37 bits per heavy atom. The van der Waals surface area contributed by atoms with E-state index in [0.29, 0.717) is 0 Å². The smallest absolute Gasteiger partial charge is 0.320 e. The lowest BCUT2D eigenvalue weighted by Crippen LogP contribution is -2.47. The normalized spacial score (nSPS) is 16.8. The maximum atomic E-state index is 11.4. The summed E-state index contributed by atoms with van der Waals surface area (Å²) in [6, 6.07) is -0.950. The number of nitrogens with one attached hydrogen (secondary N) is 2. The SMILES string of the molecule is C=CC(=O)N[C@@H]1CCCN(c2ncnc3[nH]cnc23)C1.N[C@@H](CCC(=O)O)C(=O)O. The number of carbonyl (C=O) groups is 3. The molecule has 0 spiro atoms.